The maximum Gasteiger partial charge on any atom is 0.426 e. The van der Waals surface area contributed by atoms with Gasteiger partial charge >= 0.3 is 12.1 Å². The van der Waals surface area contributed by atoms with Gasteiger partial charge in [-0.05, 0) is 74.2 Å². The molecule has 0 radical (unpaired) electrons. The number of methoxy groups -OCH3 is 1. The highest BCUT2D eigenvalue weighted by Crippen LogP contribution is 2.67. The van der Waals surface area contributed by atoms with Gasteiger partial charge < -0.3 is 44.5 Å². The van der Waals surface area contributed by atoms with Crippen LogP contribution in [-0.2, 0) is 41.1 Å². The smallest absolute Gasteiger partial charge is 0.426 e. The molecule has 5 aliphatic heterocycles. The van der Waals surface area contributed by atoms with Crippen molar-refractivity contribution in [1.29, 1.82) is 0 Å². The quantitative estimate of drug-likeness (QED) is 0.0378. The number of aliphatic carboxylic acids is 1. The fourth-order valence-corrected chi connectivity index (χ4v) is 15.6. The van der Waals surface area contributed by atoms with Crippen LogP contribution in [0.3, 0.4) is 0 Å². The minimum atomic E-state index is -2.51. The third kappa shape index (κ3) is 7.65. The molecule has 1 spiro atoms. The van der Waals surface area contributed by atoms with E-state index in [-0.39, 0.29) is 31.6 Å². The van der Waals surface area contributed by atoms with E-state index in [2.05, 4.69) is 43.8 Å². The van der Waals surface area contributed by atoms with Gasteiger partial charge in [0.15, 0.2) is 5.60 Å². The molecule has 7 N–H and O–H groups in total. The number of ether oxygens (including phenoxy) is 3. The van der Waals surface area contributed by atoms with Crippen molar-refractivity contribution in [3.05, 3.63) is 70.9 Å². The van der Waals surface area contributed by atoms with Crippen molar-refractivity contribution in [2.45, 2.75) is 99.0 Å². The number of hydrogen-bond donors (Lipinski definition) is 7. The number of carboxylic acid groups (broad SMARTS) is 1. The lowest BCUT2D eigenvalue weighted by Gasteiger charge is -2.63. The zero-order valence-electron chi connectivity index (χ0n) is 39.1. The van der Waals surface area contributed by atoms with Crippen LogP contribution in [0, 0.1) is 11.3 Å². The molecule has 1 aromatic heterocycles. The number of anilines is 1. The predicted octanol–water partition coefficient (Wildman–Crippen LogP) is 3.86. The van der Waals surface area contributed by atoms with E-state index in [1.54, 1.807) is 7.11 Å². The largest absolute Gasteiger partial charge is 0.496 e. The lowest BCUT2D eigenvalue weighted by Crippen LogP contribution is -2.82. The highest BCUT2D eigenvalue weighted by Gasteiger charge is 2.78. The van der Waals surface area contributed by atoms with Crippen LogP contribution < -0.4 is 20.5 Å². The standard InChI is InChI=1S/C49H64N6O11S2/c1-5-45(62)24-30-25-47(28-65-29-56,39-32(12-17-54(26-30)27-45)31-10-7-8-11-35(31)50-39)34-22-33-36(23-37(34)64-4)53(3)41-48(33)15-18-55-16-9-14-46(6-2,40(48)55)42(59)49(41,63)43(60)51-52-44(61)66-19-21-68-67-20-13-38(57)58/h7-11,14,22-23,29-30,40-42,50,59,62-63H,5-6,12-13,15-21,24-28H2,1-4H3,(H,51,60)(H,52,61)(H,57,58)/t30-,40+,41-,42-,45+,46-,47+,48-,49+/m1/s1. The zero-order chi connectivity index (χ0) is 48.2. The third-order valence-electron chi connectivity index (χ3n) is 16.4. The van der Waals surface area contributed by atoms with Crippen LogP contribution in [0.2, 0.25) is 0 Å². The van der Waals surface area contributed by atoms with Crippen molar-refractivity contribution in [2.24, 2.45) is 11.3 Å². The van der Waals surface area contributed by atoms with E-state index in [9.17, 15) is 34.5 Å². The number of aromatic nitrogens is 1. The van der Waals surface area contributed by atoms with E-state index < -0.39 is 57.6 Å². The Hall–Kier alpha value is -4.50. The summed E-state index contributed by atoms with van der Waals surface area (Å²) in [6, 6.07) is 10.9. The molecule has 3 fully saturated rings. The number of H-pyrrole nitrogens is 1. The molecule has 1 aliphatic carbocycles. The van der Waals surface area contributed by atoms with Crippen LogP contribution in [0.1, 0.15) is 74.8 Å². The summed E-state index contributed by atoms with van der Waals surface area (Å²) in [6.07, 6.45) is 4.60. The molecule has 2 saturated heterocycles. The number of hydrogen-bond acceptors (Lipinski definition) is 15. The molecular formula is C49H64N6O11S2. The first-order chi connectivity index (χ1) is 32.7. The van der Waals surface area contributed by atoms with Gasteiger partial charge in [-0.25, -0.2) is 10.2 Å². The van der Waals surface area contributed by atoms with E-state index in [0.29, 0.717) is 87.6 Å². The summed E-state index contributed by atoms with van der Waals surface area (Å²) in [6.45, 7) is 7.67. The van der Waals surface area contributed by atoms with Crippen molar-refractivity contribution >= 4 is 62.6 Å². The number of aliphatic hydroxyl groups is 3. The lowest BCUT2D eigenvalue weighted by molar-refractivity contribution is -0.204. The number of para-hydroxylation sites is 1. The van der Waals surface area contributed by atoms with Gasteiger partial charge in [-0.3, -0.25) is 29.6 Å². The monoisotopic (exact) mass is 976 g/mol. The number of likely N-dealkylation sites (N-methyl/N-ethyl adjacent to an activating group) is 1. The number of nitrogens with zero attached hydrogens (tertiary/aromatic N) is 3. The fraction of sp³-hybridized carbons (Fsp3) is 0.592. The first-order valence-electron chi connectivity index (χ1n) is 23.7. The molecule has 368 valence electrons. The zero-order valence-corrected chi connectivity index (χ0v) is 40.8. The highest BCUT2D eigenvalue weighted by atomic mass is 33.1. The van der Waals surface area contributed by atoms with Crippen LogP contribution in [0.25, 0.3) is 10.9 Å². The third-order valence-corrected chi connectivity index (χ3v) is 18.7. The molecule has 2 aromatic carbocycles. The fourth-order valence-electron chi connectivity index (χ4n) is 13.7. The van der Waals surface area contributed by atoms with E-state index >= 15 is 0 Å². The molecule has 17 nitrogen and oxygen atoms in total. The summed E-state index contributed by atoms with van der Waals surface area (Å²) >= 11 is 0. The molecule has 2 bridgehead atoms. The predicted molar refractivity (Wildman–Crippen MR) is 259 cm³/mol. The molecule has 1 unspecified atom stereocenters. The first kappa shape index (κ1) is 48.5. The van der Waals surface area contributed by atoms with Crippen LogP contribution in [0.4, 0.5) is 10.5 Å². The number of aliphatic hydroxyl groups excluding tert-OH is 1. The van der Waals surface area contributed by atoms with E-state index in [4.69, 9.17) is 19.3 Å². The van der Waals surface area contributed by atoms with E-state index in [0.717, 1.165) is 46.4 Å². The Balaban J connectivity index is 1.17. The van der Waals surface area contributed by atoms with E-state index in [1.807, 2.05) is 56.1 Å². The second-order valence-electron chi connectivity index (χ2n) is 19.7. The Morgan fingerprint density at radius 2 is 1.81 bits per heavy atom. The average molecular weight is 977 g/mol. The van der Waals surface area contributed by atoms with Gasteiger partial charge in [0.1, 0.15) is 25.1 Å². The number of hydrazine groups is 1. The molecule has 6 heterocycles. The summed E-state index contributed by atoms with van der Waals surface area (Å²) in [4.78, 5) is 61.6. The van der Waals surface area contributed by atoms with Crippen molar-refractivity contribution in [3.8, 4) is 5.75 Å². The topological polar surface area (TPSA) is 226 Å². The molecule has 2 amide bonds. The summed E-state index contributed by atoms with van der Waals surface area (Å²) < 4.78 is 17.7. The van der Waals surface area contributed by atoms with Crippen LogP contribution in [-0.4, -0.2) is 161 Å². The summed E-state index contributed by atoms with van der Waals surface area (Å²) in [5, 5.41) is 48.2. The number of carbonyl (C=O) groups is 4. The average Bonchev–Trinajstić information content (AvgIpc) is 4.00. The Morgan fingerprint density at radius 1 is 1.01 bits per heavy atom. The molecular weight excluding hydrogens is 913 g/mol. The Morgan fingerprint density at radius 3 is 2.56 bits per heavy atom. The number of aromatic amines is 1. The summed E-state index contributed by atoms with van der Waals surface area (Å²) in [5.41, 5.74) is 3.46. The molecule has 10 atom stereocenters. The number of nitrogens with one attached hydrogen (secondary N) is 3. The van der Waals surface area contributed by atoms with Crippen molar-refractivity contribution in [3.63, 3.8) is 0 Å². The molecule has 9 rings (SSSR count). The van der Waals surface area contributed by atoms with Crippen molar-refractivity contribution < 1.29 is 53.8 Å². The lowest BCUT2D eigenvalue weighted by atomic mass is 9.47. The Kier molecular flexibility index (Phi) is 13.3. The first-order valence-corrected chi connectivity index (χ1v) is 26.2. The second kappa shape index (κ2) is 18.7. The number of amides is 2. The van der Waals surface area contributed by atoms with Gasteiger partial charge in [-0.2, -0.15) is 0 Å². The van der Waals surface area contributed by atoms with Crippen molar-refractivity contribution in [2.75, 3.05) is 76.5 Å². The maximum atomic E-state index is 14.9. The SMILES string of the molecule is CC[C@]1(O)C[C@H]2CN(CCc3c([nH]c4ccccc34)[C@@](COC=O)(c3cc4c(cc3OC)N(C)[C@H]3[C@@](O)(C(=O)NNC(=O)OCCSSCCC(=O)O)[C@H](O)[C@]5(CC)C=CCN6CC[C@]43[C@@H]65)C2)C1. The van der Waals surface area contributed by atoms with Crippen LogP contribution in [0.15, 0.2) is 48.6 Å². The van der Waals surface area contributed by atoms with Gasteiger partial charge in [0.05, 0.1) is 30.6 Å². The van der Waals surface area contributed by atoms with Gasteiger partial charge in [-0.15, -0.1) is 0 Å². The molecule has 68 heavy (non-hydrogen) atoms. The van der Waals surface area contributed by atoms with E-state index in [1.165, 1.54) is 21.6 Å². The molecule has 3 aromatic rings. The molecule has 19 heteroatoms. The van der Waals surface area contributed by atoms with Gasteiger partial charge in [0.25, 0.3) is 12.4 Å². The highest BCUT2D eigenvalue weighted by molar-refractivity contribution is 8.76. The number of benzene rings is 2. The maximum absolute atomic E-state index is 14.9. The van der Waals surface area contributed by atoms with Crippen LogP contribution in [0.5, 0.6) is 5.75 Å². The van der Waals surface area contributed by atoms with Crippen LogP contribution >= 0.6 is 21.6 Å². The van der Waals surface area contributed by atoms with Gasteiger partial charge in [0, 0.05) is 95.5 Å². The molecule has 6 aliphatic rings. The number of carbonyl (C=O) groups excluding carboxylic acids is 3. The minimum absolute atomic E-state index is 0.0123. The van der Waals surface area contributed by atoms with Gasteiger partial charge in [0.2, 0.25) is 0 Å². The Bertz CT molecular complexity index is 2470. The minimum Gasteiger partial charge on any atom is -0.496 e. The van der Waals surface area contributed by atoms with Gasteiger partial charge in [-0.1, -0.05) is 65.8 Å². The number of fused-ring (bicyclic) bond motifs is 6. The molecule has 1 saturated carbocycles. The Labute approximate surface area is 404 Å². The number of carboxylic acids is 1. The normalized spacial score (nSPS) is 33.5. The summed E-state index contributed by atoms with van der Waals surface area (Å²) in [5.74, 6) is -0.629. The van der Waals surface area contributed by atoms with Crippen molar-refractivity contribution in [1.82, 2.24) is 25.6 Å². The number of piperidine rings is 1. The second-order valence-corrected chi connectivity index (χ2v) is 22.4. The number of rotatable bonds is 15. The summed E-state index contributed by atoms with van der Waals surface area (Å²) in [7, 11) is 6.13.